The molecule has 88 valence electrons. The van der Waals surface area contributed by atoms with E-state index in [0.717, 1.165) is 0 Å². The predicted molar refractivity (Wildman–Crippen MR) is 72.4 cm³/mol. The molecule has 1 aliphatic rings. The fraction of sp³-hybridized carbons (Fsp3) is 0.467. The second kappa shape index (κ2) is 4.42. The number of allylic oxidation sites excluding steroid dienone is 4. The summed E-state index contributed by atoms with van der Waals surface area (Å²) in [4.78, 5) is 0. The first-order valence-corrected chi connectivity index (χ1v) is 5.77. The summed E-state index contributed by atoms with van der Waals surface area (Å²) >= 11 is 0. The summed E-state index contributed by atoms with van der Waals surface area (Å²) < 4.78 is 0. The lowest BCUT2D eigenvalue weighted by atomic mass is 9.76. The SMILES string of the molecule is C=C/C(=C1/C=CC=CC1(C)NC)C(C)(C)C. The molecule has 0 spiro atoms. The largest absolute Gasteiger partial charge is 0.307 e. The van der Waals surface area contributed by atoms with Crippen LogP contribution in [0.1, 0.15) is 27.7 Å². The molecule has 1 rings (SSSR count). The number of hydrogen-bond acceptors (Lipinski definition) is 1. The average molecular weight is 217 g/mol. The van der Waals surface area contributed by atoms with E-state index in [0.29, 0.717) is 0 Å². The van der Waals surface area contributed by atoms with Crippen LogP contribution in [0.4, 0.5) is 0 Å². The number of rotatable bonds is 2. The van der Waals surface area contributed by atoms with Crippen molar-refractivity contribution in [3.8, 4) is 0 Å². The maximum atomic E-state index is 3.96. The van der Waals surface area contributed by atoms with Gasteiger partial charge in [-0.25, -0.2) is 0 Å². The Morgan fingerprint density at radius 2 is 2.00 bits per heavy atom. The van der Waals surface area contributed by atoms with Crippen LogP contribution in [0.2, 0.25) is 0 Å². The molecule has 0 fully saturated rings. The molecular formula is C15H23N. The molecule has 0 aromatic carbocycles. The summed E-state index contributed by atoms with van der Waals surface area (Å²) in [5, 5.41) is 3.37. The van der Waals surface area contributed by atoms with Gasteiger partial charge in [-0.15, -0.1) is 0 Å². The second-order valence-corrected chi connectivity index (χ2v) is 5.45. The minimum absolute atomic E-state index is 0.0917. The first-order chi connectivity index (χ1) is 7.35. The van der Waals surface area contributed by atoms with Crippen LogP contribution in [0, 0.1) is 5.41 Å². The van der Waals surface area contributed by atoms with E-state index in [1.165, 1.54) is 11.1 Å². The zero-order valence-corrected chi connectivity index (χ0v) is 11.1. The third-order valence-corrected chi connectivity index (χ3v) is 3.18. The van der Waals surface area contributed by atoms with Crippen molar-refractivity contribution in [2.45, 2.75) is 33.2 Å². The normalized spacial score (nSPS) is 28.1. The Morgan fingerprint density at radius 1 is 1.38 bits per heavy atom. The van der Waals surface area contributed by atoms with Crippen LogP contribution >= 0.6 is 0 Å². The van der Waals surface area contributed by atoms with Crippen molar-refractivity contribution in [1.82, 2.24) is 5.32 Å². The molecule has 0 aromatic heterocycles. The van der Waals surface area contributed by atoms with Crippen molar-refractivity contribution in [2.24, 2.45) is 5.41 Å². The van der Waals surface area contributed by atoms with Gasteiger partial charge in [0, 0.05) is 0 Å². The average Bonchev–Trinajstić information content (AvgIpc) is 2.20. The van der Waals surface area contributed by atoms with Gasteiger partial charge in [0.15, 0.2) is 0 Å². The standard InChI is InChI=1S/C15H23N/c1-7-12(14(2,3)4)13-10-8-9-11-15(13,5)16-6/h7-11,16H,1H2,2-6H3/b13-12+. The van der Waals surface area contributed by atoms with Crippen LogP contribution in [0.25, 0.3) is 0 Å². The molecule has 16 heavy (non-hydrogen) atoms. The van der Waals surface area contributed by atoms with E-state index < -0.39 is 0 Å². The molecule has 1 atom stereocenters. The van der Waals surface area contributed by atoms with E-state index >= 15 is 0 Å². The minimum atomic E-state index is -0.0917. The van der Waals surface area contributed by atoms with Crippen molar-refractivity contribution in [1.29, 1.82) is 0 Å². The maximum Gasteiger partial charge on any atom is 0.0595 e. The van der Waals surface area contributed by atoms with Crippen LogP contribution < -0.4 is 5.32 Å². The van der Waals surface area contributed by atoms with Crippen molar-refractivity contribution < 1.29 is 0 Å². The highest BCUT2D eigenvalue weighted by Gasteiger charge is 2.29. The summed E-state index contributed by atoms with van der Waals surface area (Å²) in [7, 11) is 1.99. The lowest BCUT2D eigenvalue weighted by Gasteiger charge is -2.35. The molecule has 0 bridgehead atoms. The van der Waals surface area contributed by atoms with E-state index in [1.54, 1.807) is 0 Å². The van der Waals surface area contributed by atoms with Crippen LogP contribution in [0.5, 0.6) is 0 Å². The van der Waals surface area contributed by atoms with Crippen LogP contribution in [-0.4, -0.2) is 12.6 Å². The molecular weight excluding hydrogens is 194 g/mol. The minimum Gasteiger partial charge on any atom is -0.307 e. The summed E-state index contributed by atoms with van der Waals surface area (Å²) in [5.41, 5.74) is 2.63. The number of nitrogens with one attached hydrogen (secondary N) is 1. The van der Waals surface area contributed by atoms with Crippen LogP contribution in [0.15, 0.2) is 48.1 Å². The van der Waals surface area contributed by atoms with E-state index in [1.807, 2.05) is 13.1 Å². The van der Waals surface area contributed by atoms with Crippen molar-refractivity contribution in [3.05, 3.63) is 48.1 Å². The fourth-order valence-corrected chi connectivity index (χ4v) is 2.07. The summed E-state index contributed by atoms with van der Waals surface area (Å²) in [5.74, 6) is 0. The Bertz CT molecular complexity index is 363. The van der Waals surface area contributed by atoms with Gasteiger partial charge in [0.05, 0.1) is 5.54 Å². The van der Waals surface area contributed by atoms with E-state index in [-0.39, 0.29) is 11.0 Å². The van der Waals surface area contributed by atoms with Gasteiger partial charge in [0.2, 0.25) is 0 Å². The second-order valence-electron chi connectivity index (χ2n) is 5.45. The van der Waals surface area contributed by atoms with Crippen molar-refractivity contribution >= 4 is 0 Å². The molecule has 1 N–H and O–H groups in total. The third kappa shape index (κ3) is 2.35. The first kappa shape index (κ1) is 13.0. The Labute approximate surface area is 99.6 Å². The molecule has 0 aromatic rings. The van der Waals surface area contributed by atoms with Gasteiger partial charge in [-0.2, -0.15) is 0 Å². The Morgan fingerprint density at radius 3 is 2.44 bits per heavy atom. The van der Waals surface area contributed by atoms with Gasteiger partial charge in [-0.3, -0.25) is 0 Å². The summed E-state index contributed by atoms with van der Waals surface area (Å²) in [6, 6.07) is 0. The highest BCUT2D eigenvalue weighted by Crippen LogP contribution is 2.35. The first-order valence-electron chi connectivity index (χ1n) is 5.77. The van der Waals surface area contributed by atoms with Gasteiger partial charge in [0.25, 0.3) is 0 Å². The van der Waals surface area contributed by atoms with Crippen molar-refractivity contribution in [3.63, 3.8) is 0 Å². The smallest absolute Gasteiger partial charge is 0.0595 e. The Balaban J connectivity index is 3.38. The molecule has 0 aliphatic heterocycles. The predicted octanol–water partition coefficient (Wildman–Crippen LogP) is 3.62. The van der Waals surface area contributed by atoms with Gasteiger partial charge in [0.1, 0.15) is 0 Å². The third-order valence-electron chi connectivity index (χ3n) is 3.18. The van der Waals surface area contributed by atoms with Crippen LogP contribution in [0.3, 0.4) is 0 Å². The molecule has 1 aliphatic carbocycles. The Hall–Kier alpha value is -1.08. The van der Waals surface area contributed by atoms with Crippen LogP contribution in [-0.2, 0) is 0 Å². The zero-order valence-electron chi connectivity index (χ0n) is 11.1. The highest BCUT2D eigenvalue weighted by molar-refractivity contribution is 5.49. The molecule has 1 heteroatoms. The van der Waals surface area contributed by atoms with E-state index in [9.17, 15) is 0 Å². The summed E-state index contributed by atoms with van der Waals surface area (Å²) in [6.07, 6.45) is 10.5. The lowest BCUT2D eigenvalue weighted by molar-refractivity contribution is 0.486. The van der Waals surface area contributed by atoms with Gasteiger partial charge < -0.3 is 5.32 Å². The number of hydrogen-bond donors (Lipinski definition) is 1. The molecule has 0 heterocycles. The molecule has 1 unspecified atom stereocenters. The monoisotopic (exact) mass is 217 g/mol. The number of likely N-dealkylation sites (N-methyl/N-ethyl adjacent to an activating group) is 1. The summed E-state index contributed by atoms with van der Waals surface area (Å²) in [6.45, 7) is 12.8. The Kier molecular flexibility index (Phi) is 3.59. The van der Waals surface area contributed by atoms with E-state index in [2.05, 4.69) is 63.9 Å². The lowest BCUT2D eigenvalue weighted by Crippen LogP contribution is -2.41. The molecule has 0 saturated heterocycles. The van der Waals surface area contributed by atoms with Gasteiger partial charge >= 0.3 is 0 Å². The molecule has 0 saturated carbocycles. The van der Waals surface area contributed by atoms with Gasteiger partial charge in [-0.1, -0.05) is 57.7 Å². The quantitative estimate of drug-likeness (QED) is 0.745. The molecule has 0 radical (unpaired) electrons. The maximum absolute atomic E-state index is 3.96. The topological polar surface area (TPSA) is 12.0 Å². The van der Waals surface area contributed by atoms with Crippen molar-refractivity contribution in [2.75, 3.05) is 7.05 Å². The van der Waals surface area contributed by atoms with E-state index in [4.69, 9.17) is 0 Å². The van der Waals surface area contributed by atoms with Gasteiger partial charge in [-0.05, 0) is 30.5 Å². The zero-order chi connectivity index (χ0) is 12.4. The fourth-order valence-electron chi connectivity index (χ4n) is 2.07. The highest BCUT2D eigenvalue weighted by atomic mass is 14.9. The molecule has 0 amide bonds. The molecule has 1 nitrogen and oxygen atoms in total.